The minimum atomic E-state index is 0.930. The van der Waals surface area contributed by atoms with Crippen molar-refractivity contribution in [1.82, 2.24) is 4.98 Å². The van der Waals surface area contributed by atoms with Crippen LogP contribution in [0.2, 0.25) is 0 Å². The lowest BCUT2D eigenvalue weighted by atomic mass is 10.1. The van der Waals surface area contributed by atoms with Crippen LogP contribution in [0.3, 0.4) is 0 Å². The molecule has 0 spiro atoms. The van der Waals surface area contributed by atoms with Gasteiger partial charge in [0, 0.05) is 17.1 Å². The fourth-order valence-corrected chi connectivity index (χ4v) is 1.31. The Morgan fingerprint density at radius 2 is 2.08 bits per heavy atom. The molecule has 0 bridgehead atoms. The van der Waals surface area contributed by atoms with Crippen molar-refractivity contribution in [1.29, 1.82) is 0 Å². The zero-order valence-electron chi connectivity index (χ0n) is 7.01. The quantitative estimate of drug-likeness (QED) is 0.402. The number of para-hydroxylation sites is 1. The summed E-state index contributed by atoms with van der Waals surface area (Å²) in [5, 5.41) is 4.59. The van der Waals surface area contributed by atoms with Crippen molar-refractivity contribution in [3.05, 3.63) is 42.1 Å². The molecule has 0 amide bonds. The highest BCUT2D eigenvalue weighted by Gasteiger charge is 1.97. The molecule has 3 nitrogen and oxygen atoms in total. The molecule has 0 aliphatic rings. The summed E-state index contributed by atoms with van der Waals surface area (Å²) in [4.78, 5) is 4.25. The van der Waals surface area contributed by atoms with Crippen LogP contribution < -0.4 is 5.84 Å². The maximum atomic E-state index is 5.09. The molecule has 64 valence electrons. The lowest BCUT2D eigenvalue weighted by molar-refractivity contribution is 1.26. The fraction of sp³-hybridized carbons (Fsp3) is 0. The summed E-state index contributed by atoms with van der Waals surface area (Å²) in [6.07, 6.45) is 3.37. The molecular formula is C10H9N3. The van der Waals surface area contributed by atoms with Gasteiger partial charge in [-0.1, -0.05) is 24.3 Å². The Labute approximate surface area is 75.9 Å². The van der Waals surface area contributed by atoms with Crippen LogP contribution in [0, 0.1) is 0 Å². The molecule has 2 aromatic rings. The molecule has 0 unspecified atom stereocenters. The van der Waals surface area contributed by atoms with Gasteiger partial charge in [-0.15, -0.1) is 0 Å². The number of hydrazone groups is 1. The number of fused-ring (bicyclic) bond motifs is 1. The first-order valence-electron chi connectivity index (χ1n) is 3.99. The molecule has 0 aliphatic carbocycles. The van der Waals surface area contributed by atoms with E-state index in [9.17, 15) is 0 Å². The molecule has 1 aromatic heterocycles. The second kappa shape index (κ2) is 3.23. The molecule has 1 aromatic carbocycles. The van der Waals surface area contributed by atoms with Gasteiger partial charge in [-0.05, 0) is 6.07 Å². The molecule has 1 heterocycles. The highest BCUT2D eigenvalue weighted by atomic mass is 15.1. The zero-order chi connectivity index (χ0) is 9.10. The van der Waals surface area contributed by atoms with Gasteiger partial charge in [0.2, 0.25) is 0 Å². The van der Waals surface area contributed by atoms with Crippen LogP contribution >= 0.6 is 0 Å². The molecule has 2 rings (SSSR count). The van der Waals surface area contributed by atoms with Crippen molar-refractivity contribution in [3.8, 4) is 0 Å². The van der Waals surface area contributed by atoms with Gasteiger partial charge in [-0.25, -0.2) is 0 Å². The monoisotopic (exact) mass is 171 g/mol. The number of aromatic nitrogens is 1. The third kappa shape index (κ3) is 1.36. The summed E-state index contributed by atoms with van der Waals surface area (Å²) < 4.78 is 0. The lowest BCUT2D eigenvalue weighted by Gasteiger charge is -1.98. The number of rotatable bonds is 1. The summed E-state index contributed by atoms with van der Waals surface area (Å²) in [7, 11) is 0. The van der Waals surface area contributed by atoms with E-state index in [1.165, 1.54) is 0 Å². The molecule has 3 heteroatoms. The zero-order valence-corrected chi connectivity index (χ0v) is 7.01. The molecule has 0 atom stereocenters. The number of nitrogens with two attached hydrogens (primary N) is 1. The third-order valence-electron chi connectivity index (χ3n) is 1.88. The van der Waals surface area contributed by atoms with Gasteiger partial charge in [0.05, 0.1) is 11.7 Å². The largest absolute Gasteiger partial charge is 0.323 e. The van der Waals surface area contributed by atoms with Crippen molar-refractivity contribution >= 4 is 17.1 Å². The Morgan fingerprint density at radius 1 is 1.23 bits per heavy atom. The van der Waals surface area contributed by atoms with Gasteiger partial charge >= 0.3 is 0 Å². The molecule has 0 saturated heterocycles. The number of hydrogen-bond acceptors (Lipinski definition) is 3. The lowest BCUT2D eigenvalue weighted by Crippen LogP contribution is -1.89. The van der Waals surface area contributed by atoms with Gasteiger partial charge in [0.25, 0.3) is 0 Å². The smallest absolute Gasteiger partial charge is 0.0790 e. The van der Waals surface area contributed by atoms with Crippen LogP contribution in [0.1, 0.15) is 5.56 Å². The summed E-state index contributed by atoms with van der Waals surface area (Å²) >= 11 is 0. The highest BCUT2D eigenvalue weighted by Crippen LogP contribution is 2.13. The van der Waals surface area contributed by atoms with Crippen molar-refractivity contribution < 1.29 is 0 Å². The van der Waals surface area contributed by atoms with E-state index in [1.807, 2.05) is 30.3 Å². The van der Waals surface area contributed by atoms with E-state index in [4.69, 9.17) is 5.84 Å². The minimum absolute atomic E-state index is 0.930. The predicted molar refractivity (Wildman–Crippen MR) is 53.5 cm³/mol. The summed E-state index contributed by atoms with van der Waals surface area (Å²) in [6.45, 7) is 0. The Hall–Kier alpha value is -1.90. The van der Waals surface area contributed by atoms with Gasteiger partial charge in [-0.3, -0.25) is 4.98 Å². The first kappa shape index (κ1) is 7.73. The maximum absolute atomic E-state index is 5.09. The van der Waals surface area contributed by atoms with E-state index in [1.54, 1.807) is 12.4 Å². The molecule has 0 fully saturated rings. The number of hydrogen-bond donors (Lipinski definition) is 1. The van der Waals surface area contributed by atoms with Crippen molar-refractivity contribution in [2.75, 3.05) is 0 Å². The molecule has 0 aliphatic heterocycles. The van der Waals surface area contributed by atoms with E-state index < -0.39 is 0 Å². The second-order valence-corrected chi connectivity index (χ2v) is 2.70. The summed E-state index contributed by atoms with van der Waals surface area (Å²) in [5.74, 6) is 5.09. The molecule has 2 N–H and O–H groups in total. The van der Waals surface area contributed by atoms with Crippen LogP contribution in [0.15, 0.2) is 41.6 Å². The molecule has 0 saturated carbocycles. The minimum Gasteiger partial charge on any atom is -0.323 e. The van der Waals surface area contributed by atoms with Gasteiger partial charge < -0.3 is 5.84 Å². The average molecular weight is 171 g/mol. The fourth-order valence-electron chi connectivity index (χ4n) is 1.31. The maximum Gasteiger partial charge on any atom is 0.0790 e. The average Bonchev–Trinajstić information content (AvgIpc) is 2.19. The Morgan fingerprint density at radius 3 is 2.92 bits per heavy atom. The molecular weight excluding hydrogens is 162 g/mol. The SMILES string of the molecule is N/N=C/c1cccc2cccnc12. The van der Waals surface area contributed by atoms with Crippen LogP contribution in [-0.2, 0) is 0 Å². The molecule has 13 heavy (non-hydrogen) atoms. The van der Waals surface area contributed by atoms with E-state index in [2.05, 4.69) is 10.1 Å². The van der Waals surface area contributed by atoms with Crippen LogP contribution in [0.5, 0.6) is 0 Å². The number of pyridine rings is 1. The van der Waals surface area contributed by atoms with Crippen molar-refractivity contribution in [2.45, 2.75) is 0 Å². The van der Waals surface area contributed by atoms with Crippen LogP contribution in [-0.4, -0.2) is 11.2 Å². The summed E-state index contributed by atoms with van der Waals surface area (Å²) in [6, 6.07) is 9.82. The van der Waals surface area contributed by atoms with E-state index in [0.29, 0.717) is 0 Å². The van der Waals surface area contributed by atoms with E-state index in [-0.39, 0.29) is 0 Å². The Kier molecular flexibility index (Phi) is 1.92. The van der Waals surface area contributed by atoms with Gasteiger partial charge in [0.15, 0.2) is 0 Å². The summed E-state index contributed by atoms with van der Waals surface area (Å²) in [5.41, 5.74) is 1.87. The number of nitrogens with zero attached hydrogens (tertiary/aromatic N) is 2. The standard InChI is InChI=1S/C10H9N3/c11-13-7-9-4-1-3-8-5-2-6-12-10(8)9/h1-7H,11H2/b13-7+. The first-order valence-corrected chi connectivity index (χ1v) is 3.99. The topological polar surface area (TPSA) is 51.3 Å². The van der Waals surface area contributed by atoms with Gasteiger partial charge in [0.1, 0.15) is 0 Å². The van der Waals surface area contributed by atoms with E-state index >= 15 is 0 Å². The second-order valence-electron chi connectivity index (χ2n) is 2.70. The van der Waals surface area contributed by atoms with Gasteiger partial charge in [-0.2, -0.15) is 5.10 Å². The predicted octanol–water partition coefficient (Wildman–Crippen LogP) is 1.53. The molecule has 0 radical (unpaired) electrons. The Balaban J connectivity index is 2.75. The van der Waals surface area contributed by atoms with Crippen molar-refractivity contribution in [3.63, 3.8) is 0 Å². The Bertz CT molecular complexity index is 443. The van der Waals surface area contributed by atoms with Crippen LogP contribution in [0.25, 0.3) is 10.9 Å². The van der Waals surface area contributed by atoms with Crippen LogP contribution in [0.4, 0.5) is 0 Å². The van der Waals surface area contributed by atoms with Crippen molar-refractivity contribution in [2.24, 2.45) is 10.9 Å². The first-order chi connectivity index (χ1) is 6.42. The normalized spacial score (nSPS) is 11.1. The van der Waals surface area contributed by atoms with E-state index in [0.717, 1.165) is 16.5 Å². The highest BCUT2D eigenvalue weighted by molar-refractivity contribution is 5.97. The number of benzene rings is 1. The third-order valence-corrected chi connectivity index (χ3v) is 1.88.